The second kappa shape index (κ2) is 5.80. The van der Waals surface area contributed by atoms with E-state index in [0.29, 0.717) is 5.92 Å². The molecule has 0 aliphatic carbocycles. The number of rotatable bonds is 4. The summed E-state index contributed by atoms with van der Waals surface area (Å²) >= 11 is 1.58. The van der Waals surface area contributed by atoms with Crippen molar-refractivity contribution in [3.8, 4) is 0 Å². The van der Waals surface area contributed by atoms with Gasteiger partial charge in [0.2, 0.25) is 0 Å². The molecule has 1 fully saturated rings. The number of ether oxygens (including phenoxy) is 1. The minimum atomic E-state index is 0.0872. The third-order valence-corrected chi connectivity index (χ3v) is 4.39. The Morgan fingerprint density at radius 3 is 3.00 bits per heavy atom. The Bertz CT molecular complexity index is 361. The van der Waals surface area contributed by atoms with Crippen LogP contribution in [0.4, 0.5) is 5.13 Å². The molecule has 1 atom stereocenters. The third kappa shape index (κ3) is 3.18. The molecule has 1 aromatic rings. The number of hydrogen-bond acceptors (Lipinski definition) is 5. The lowest BCUT2D eigenvalue weighted by molar-refractivity contribution is 0.0576. The van der Waals surface area contributed by atoms with Crippen molar-refractivity contribution < 1.29 is 9.84 Å². The van der Waals surface area contributed by atoms with Gasteiger partial charge in [-0.05, 0) is 25.7 Å². The SMILES string of the molecule is Cc1nc(N(C)CC2CCCOC2)sc1CO. The molecule has 1 N–H and O–H groups in total. The van der Waals surface area contributed by atoms with Gasteiger partial charge in [0.1, 0.15) is 0 Å². The van der Waals surface area contributed by atoms with Gasteiger partial charge in [-0.25, -0.2) is 4.98 Å². The van der Waals surface area contributed by atoms with Crippen LogP contribution in [0.25, 0.3) is 0 Å². The molecule has 5 heteroatoms. The van der Waals surface area contributed by atoms with Crippen molar-refractivity contribution >= 4 is 16.5 Å². The molecule has 1 unspecified atom stereocenters. The summed E-state index contributed by atoms with van der Waals surface area (Å²) in [6.45, 7) is 4.79. The van der Waals surface area contributed by atoms with E-state index in [2.05, 4.69) is 16.9 Å². The molecular formula is C12H20N2O2S. The molecule has 0 amide bonds. The third-order valence-electron chi connectivity index (χ3n) is 3.14. The monoisotopic (exact) mass is 256 g/mol. The van der Waals surface area contributed by atoms with Crippen molar-refractivity contribution in [2.75, 3.05) is 31.7 Å². The average molecular weight is 256 g/mol. The molecule has 0 bridgehead atoms. The number of aryl methyl sites for hydroxylation is 1. The van der Waals surface area contributed by atoms with Crippen LogP contribution in [-0.2, 0) is 11.3 Å². The number of aliphatic hydroxyl groups excluding tert-OH is 1. The Hall–Kier alpha value is -0.650. The Kier molecular flexibility index (Phi) is 4.36. The van der Waals surface area contributed by atoms with E-state index < -0.39 is 0 Å². The van der Waals surface area contributed by atoms with E-state index >= 15 is 0 Å². The van der Waals surface area contributed by atoms with Gasteiger partial charge in [0.25, 0.3) is 0 Å². The Labute approximate surface area is 106 Å². The average Bonchev–Trinajstić information content (AvgIpc) is 2.72. The molecule has 1 aromatic heterocycles. The second-order valence-corrected chi connectivity index (χ2v) is 5.69. The number of hydrogen-bond donors (Lipinski definition) is 1. The van der Waals surface area contributed by atoms with Gasteiger partial charge in [-0.2, -0.15) is 0 Å². The summed E-state index contributed by atoms with van der Waals surface area (Å²) in [4.78, 5) is 7.63. The van der Waals surface area contributed by atoms with Crippen LogP contribution >= 0.6 is 11.3 Å². The number of anilines is 1. The Morgan fingerprint density at radius 1 is 1.59 bits per heavy atom. The summed E-state index contributed by atoms with van der Waals surface area (Å²) in [5, 5.41) is 10.2. The highest BCUT2D eigenvalue weighted by Crippen LogP contribution is 2.26. The maximum atomic E-state index is 9.17. The Morgan fingerprint density at radius 2 is 2.41 bits per heavy atom. The number of aliphatic hydroxyl groups is 1. The predicted molar refractivity (Wildman–Crippen MR) is 69.6 cm³/mol. The number of thiazole rings is 1. The molecule has 0 aromatic carbocycles. The van der Waals surface area contributed by atoms with Gasteiger partial charge < -0.3 is 14.7 Å². The van der Waals surface area contributed by atoms with E-state index in [-0.39, 0.29) is 6.61 Å². The van der Waals surface area contributed by atoms with Gasteiger partial charge in [0.05, 0.1) is 23.8 Å². The first-order valence-electron chi connectivity index (χ1n) is 6.06. The van der Waals surface area contributed by atoms with Crippen molar-refractivity contribution in [3.63, 3.8) is 0 Å². The minimum Gasteiger partial charge on any atom is -0.391 e. The molecule has 2 rings (SSSR count). The number of aromatic nitrogens is 1. The van der Waals surface area contributed by atoms with E-state index in [9.17, 15) is 0 Å². The lowest BCUT2D eigenvalue weighted by atomic mass is 10.0. The molecule has 1 aliphatic heterocycles. The van der Waals surface area contributed by atoms with E-state index in [1.54, 1.807) is 11.3 Å². The fourth-order valence-corrected chi connectivity index (χ4v) is 3.03. The van der Waals surface area contributed by atoms with Gasteiger partial charge in [-0.1, -0.05) is 11.3 Å². The molecule has 0 radical (unpaired) electrons. The van der Waals surface area contributed by atoms with E-state index in [1.807, 2.05) is 6.92 Å². The van der Waals surface area contributed by atoms with Crippen LogP contribution in [0.3, 0.4) is 0 Å². The lowest BCUT2D eigenvalue weighted by Crippen LogP contribution is -2.30. The van der Waals surface area contributed by atoms with Crippen LogP contribution in [-0.4, -0.2) is 36.9 Å². The summed E-state index contributed by atoms with van der Waals surface area (Å²) in [6, 6.07) is 0. The van der Waals surface area contributed by atoms with Crippen LogP contribution in [0, 0.1) is 12.8 Å². The van der Waals surface area contributed by atoms with E-state index in [0.717, 1.165) is 41.9 Å². The van der Waals surface area contributed by atoms with Gasteiger partial charge in [0, 0.05) is 20.2 Å². The number of nitrogens with zero attached hydrogens (tertiary/aromatic N) is 2. The van der Waals surface area contributed by atoms with Crippen molar-refractivity contribution in [3.05, 3.63) is 10.6 Å². The van der Waals surface area contributed by atoms with E-state index in [1.165, 1.54) is 6.42 Å². The first kappa shape index (κ1) is 12.8. The zero-order chi connectivity index (χ0) is 12.3. The summed E-state index contributed by atoms with van der Waals surface area (Å²) in [7, 11) is 2.06. The first-order chi connectivity index (χ1) is 8.20. The lowest BCUT2D eigenvalue weighted by Gasteiger charge is -2.26. The van der Waals surface area contributed by atoms with E-state index in [4.69, 9.17) is 9.84 Å². The summed E-state index contributed by atoms with van der Waals surface area (Å²) in [6.07, 6.45) is 2.40. The molecule has 1 aliphatic rings. The largest absolute Gasteiger partial charge is 0.391 e. The Balaban J connectivity index is 1.95. The fraction of sp³-hybridized carbons (Fsp3) is 0.750. The molecule has 17 heavy (non-hydrogen) atoms. The fourth-order valence-electron chi connectivity index (χ4n) is 2.14. The van der Waals surface area contributed by atoms with Gasteiger partial charge >= 0.3 is 0 Å². The highest BCUT2D eigenvalue weighted by molar-refractivity contribution is 7.15. The molecule has 1 saturated heterocycles. The van der Waals surface area contributed by atoms with Crippen LogP contribution < -0.4 is 4.90 Å². The van der Waals surface area contributed by atoms with Gasteiger partial charge in [-0.15, -0.1) is 0 Å². The molecule has 2 heterocycles. The quantitative estimate of drug-likeness (QED) is 0.892. The first-order valence-corrected chi connectivity index (χ1v) is 6.88. The van der Waals surface area contributed by atoms with Crippen LogP contribution in [0.15, 0.2) is 0 Å². The summed E-state index contributed by atoms with van der Waals surface area (Å²) in [5.41, 5.74) is 0.944. The standard InChI is InChI=1S/C12H20N2O2S/c1-9-11(7-15)17-12(13-9)14(2)6-10-4-3-5-16-8-10/h10,15H,3-8H2,1-2H3. The molecule has 96 valence electrons. The van der Waals surface area contributed by atoms with Crippen LogP contribution in [0.2, 0.25) is 0 Å². The van der Waals surface area contributed by atoms with Crippen molar-refractivity contribution in [1.29, 1.82) is 0 Å². The highest BCUT2D eigenvalue weighted by atomic mass is 32.1. The maximum absolute atomic E-state index is 9.17. The molecular weight excluding hydrogens is 236 g/mol. The van der Waals surface area contributed by atoms with Crippen molar-refractivity contribution in [2.45, 2.75) is 26.4 Å². The zero-order valence-corrected chi connectivity index (χ0v) is 11.3. The van der Waals surface area contributed by atoms with Crippen LogP contribution in [0.1, 0.15) is 23.4 Å². The van der Waals surface area contributed by atoms with Gasteiger partial charge in [-0.3, -0.25) is 0 Å². The zero-order valence-electron chi connectivity index (χ0n) is 10.5. The van der Waals surface area contributed by atoms with Crippen molar-refractivity contribution in [1.82, 2.24) is 4.98 Å². The predicted octanol–water partition coefficient (Wildman–Crippen LogP) is 1.81. The smallest absolute Gasteiger partial charge is 0.185 e. The molecule has 0 saturated carbocycles. The van der Waals surface area contributed by atoms with Crippen molar-refractivity contribution in [2.24, 2.45) is 5.92 Å². The normalized spacial score (nSPS) is 20.5. The second-order valence-electron chi connectivity index (χ2n) is 4.63. The van der Waals surface area contributed by atoms with Crippen LogP contribution in [0.5, 0.6) is 0 Å². The minimum absolute atomic E-state index is 0.0872. The maximum Gasteiger partial charge on any atom is 0.185 e. The molecule has 0 spiro atoms. The highest BCUT2D eigenvalue weighted by Gasteiger charge is 2.18. The summed E-state index contributed by atoms with van der Waals surface area (Å²) in [5.74, 6) is 0.607. The molecule has 4 nitrogen and oxygen atoms in total. The summed E-state index contributed by atoms with van der Waals surface area (Å²) < 4.78 is 5.49. The topological polar surface area (TPSA) is 45.6 Å². The van der Waals surface area contributed by atoms with Gasteiger partial charge in [0.15, 0.2) is 5.13 Å².